The first-order chi connectivity index (χ1) is 11.5. The Morgan fingerprint density at radius 3 is 2.88 bits per heavy atom. The number of carbonyl (C=O) groups is 1. The number of aryl methyl sites for hydroxylation is 1. The number of ether oxygens (including phenoxy) is 1. The lowest BCUT2D eigenvalue weighted by atomic mass is 10.1. The second kappa shape index (κ2) is 8.17. The zero-order valence-electron chi connectivity index (χ0n) is 13.3. The van der Waals surface area contributed by atoms with Crippen LogP contribution in [0.5, 0.6) is 11.5 Å². The van der Waals surface area contributed by atoms with E-state index in [1.807, 2.05) is 0 Å². The first-order valence-electron chi connectivity index (χ1n) is 7.15. The van der Waals surface area contributed by atoms with Gasteiger partial charge in [0.25, 0.3) is 5.91 Å². The molecule has 5 nitrogen and oxygen atoms in total. The SMILES string of the molecule is COc1ccc(Cl)cc1/C=C\C=N\NC(=O)c1cccc(C)c1O. The number of hydrogen-bond acceptors (Lipinski definition) is 4. The van der Waals surface area contributed by atoms with Crippen molar-refractivity contribution in [3.8, 4) is 11.5 Å². The van der Waals surface area contributed by atoms with Crippen LogP contribution in [0.15, 0.2) is 47.6 Å². The molecular formula is C18H17ClN2O3. The lowest BCUT2D eigenvalue weighted by molar-refractivity contribution is 0.0952. The van der Waals surface area contributed by atoms with E-state index >= 15 is 0 Å². The van der Waals surface area contributed by atoms with Crippen LogP contribution < -0.4 is 10.2 Å². The largest absolute Gasteiger partial charge is 0.507 e. The van der Waals surface area contributed by atoms with E-state index in [9.17, 15) is 9.90 Å². The van der Waals surface area contributed by atoms with Crippen LogP contribution in [-0.2, 0) is 0 Å². The lowest BCUT2D eigenvalue weighted by Crippen LogP contribution is -2.17. The summed E-state index contributed by atoms with van der Waals surface area (Å²) in [4.78, 5) is 11.9. The molecule has 0 saturated heterocycles. The molecule has 0 aliphatic heterocycles. The number of methoxy groups -OCH3 is 1. The summed E-state index contributed by atoms with van der Waals surface area (Å²) in [5.74, 6) is 0.142. The van der Waals surface area contributed by atoms with Gasteiger partial charge in [0.1, 0.15) is 11.5 Å². The van der Waals surface area contributed by atoms with Gasteiger partial charge in [-0.05, 0) is 48.9 Å². The molecule has 2 aromatic rings. The number of phenolic OH excluding ortho intramolecular Hbond substituents is 1. The Bertz CT molecular complexity index is 801. The standard InChI is InChI=1S/C18H17ClN2O3/c1-12-5-3-7-15(17(12)22)18(23)21-20-10-4-6-13-11-14(19)8-9-16(13)24-2/h3-11,22H,1-2H3,(H,21,23)/b6-4-,20-10+. The van der Waals surface area contributed by atoms with E-state index in [-0.39, 0.29) is 11.3 Å². The molecule has 2 aromatic carbocycles. The van der Waals surface area contributed by atoms with E-state index in [1.165, 1.54) is 12.3 Å². The molecule has 24 heavy (non-hydrogen) atoms. The van der Waals surface area contributed by atoms with Gasteiger partial charge in [-0.3, -0.25) is 4.79 Å². The average molecular weight is 345 g/mol. The molecule has 0 saturated carbocycles. The van der Waals surface area contributed by atoms with Gasteiger partial charge >= 0.3 is 0 Å². The Labute approximate surface area is 145 Å². The summed E-state index contributed by atoms with van der Waals surface area (Å²) in [6.45, 7) is 1.72. The number of allylic oxidation sites excluding steroid dienone is 1. The van der Waals surface area contributed by atoms with Gasteiger partial charge in [-0.15, -0.1) is 0 Å². The average Bonchev–Trinajstić information content (AvgIpc) is 2.57. The summed E-state index contributed by atoms with van der Waals surface area (Å²) in [6.07, 6.45) is 4.82. The monoisotopic (exact) mass is 344 g/mol. The number of halogens is 1. The molecule has 0 fully saturated rings. The number of hydrogen-bond donors (Lipinski definition) is 2. The Morgan fingerprint density at radius 2 is 2.12 bits per heavy atom. The number of nitrogens with zero attached hydrogens (tertiary/aromatic N) is 1. The summed E-state index contributed by atoms with van der Waals surface area (Å²) in [5.41, 5.74) is 3.94. The quantitative estimate of drug-likeness (QED) is 0.640. The van der Waals surface area contributed by atoms with Crippen molar-refractivity contribution in [2.45, 2.75) is 6.92 Å². The van der Waals surface area contributed by atoms with Gasteiger partial charge in [0.05, 0.1) is 12.7 Å². The van der Waals surface area contributed by atoms with Gasteiger partial charge in [0, 0.05) is 16.8 Å². The second-order valence-corrected chi connectivity index (χ2v) is 5.37. The number of benzene rings is 2. The molecule has 6 heteroatoms. The summed E-state index contributed by atoms with van der Waals surface area (Å²) >= 11 is 5.95. The molecule has 2 N–H and O–H groups in total. The highest BCUT2D eigenvalue weighted by Crippen LogP contribution is 2.23. The number of amides is 1. The smallest absolute Gasteiger partial charge is 0.275 e. The fraction of sp³-hybridized carbons (Fsp3) is 0.111. The van der Waals surface area contributed by atoms with Crippen LogP contribution in [0.1, 0.15) is 21.5 Å². The fourth-order valence-corrected chi connectivity index (χ4v) is 2.20. The zero-order chi connectivity index (χ0) is 17.5. The van der Waals surface area contributed by atoms with Crippen LogP contribution >= 0.6 is 11.6 Å². The second-order valence-electron chi connectivity index (χ2n) is 4.94. The third-order valence-electron chi connectivity index (χ3n) is 3.28. The molecule has 0 unspecified atom stereocenters. The minimum Gasteiger partial charge on any atom is -0.507 e. The molecule has 0 bridgehead atoms. The van der Waals surface area contributed by atoms with E-state index in [0.29, 0.717) is 16.3 Å². The Hall–Kier alpha value is -2.79. The molecule has 0 aliphatic carbocycles. The summed E-state index contributed by atoms with van der Waals surface area (Å²) in [7, 11) is 1.57. The van der Waals surface area contributed by atoms with Crippen molar-refractivity contribution in [3.05, 3.63) is 64.2 Å². The first kappa shape index (κ1) is 17.6. The van der Waals surface area contributed by atoms with Crippen LogP contribution in [0.3, 0.4) is 0 Å². The van der Waals surface area contributed by atoms with Gasteiger partial charge < -0.3 is 9.84 Å². The number of aromatic hydroxyl groups is 1. The highest BCUT2D eigenvalue weighted by Gasteiger charge is 2.11. The number of hydrazone groups is 1. The van der Waals surface area contributed by atoms with Crippen LogP contribution in [-0.4, -0.2) is 24.3 Å². The molecular weight excluding hydrogens is 328 g/mol. The normalized spacial score (nSPS) is 11.1. The summed E-state index contributed by atoms with van der Waals surface area (Å²) in [5, 5.41) is 14.3. The minimum absolute atomic E-state index is 0.0515. The number of phenols is 1. The summed E-state index contributed by atoms with van der Waals surface area (Å²) in [6, 6.07) is 10.2. The minimum atomic E-state index is -0.485. The Morgan fingerprint density at radius 1 is 1.33 bits per heavy atom. The third-order valence-corrected chi connectivity index (χ3v) is 3.51. The number of rotatable bonds is 5. The van der Waals surface area contributed by atoms with Gasteiger partial charge in [-0.25, -0.2) is 5.43 Å². The van der Waals surface area contributed by atoms with E-state index in [1.54, 1.807) is 56.5 Å². The van der Waals surface area contributed by atoms with Crippen molar-refractivity contribution in [1.82, 2.24) is 5.43 Å². The maximum absolute atomic E-state index is 11.9. The van der Waals surface area contributed by atoms with E-state index in [4.69, 9.17) is 16.3 Å². The highest BCUT2D eigenvalue weighted by molar-refractivity contribution is 6.30. The maximum Gasteiger partial charge on any atom is 0.275 e. The van der Waals surface area contributed by atoms with Crippen molar-refractivity contribution in [1.29, 1.82) is 0 Å². The predicted octanol–water partition coefficient (Wildman–Crippen LogP) is 3.79. The number of nitrogens with one attached hydrogen (secondary N) is 1. The van der Waals surface area contributed by atoms with Crippen LogP contribution in [0, 0.1) is 6.92 Å². The molecule has 0 spiro atoms. The molecule has 124 valence electrons. The van der Waals surface area contributed by atoms with Gasteiger partial charge in [0.2, 0.25) is 0 Å². The zero-order valence-corrected chi connectivity index (χ0v) is 14.0. The van der Waals surface area contributed by atoms with Gasteiger partial charge in [-0.2, -0.15) is 5.10 Å². The first-order valence-corrected chi connectivity index (χ1v) is 7.53. The van der Waals surface area contributed by atoms with Crippen molar-refractivity contribution in [2.24, 2.45) is 5.10 Å². The van der Waals surface area contributed by atoms with Crippen molar-refractivity contribution >= 4 is 29.8 Å². The highest BCUT2D eigenvalue weighted by atomic mass is 35.5. The predicted molar refractivity (Wildman–Crippen MR) is 95.8 cm³/mol. The fourth-order valence-electron chi connectivity index (χ4n) is 2.02. The number of para-hydroxylation sites is 1. The molecule has 0 heterocycles. The lowest BCUT2D eigenvalue weighted by Gasteiger charge is -2.05. The Kier molecular flexibility index (Phi) is 5.98. The van der Waals surface area contributed by atoms with Crippen molar-refractivity contribution < 1.29 is 14.6 Å². The third kappa shape index (κ3) is 4.36. The van der Waals surface area contributed by atoms with Crippen LogP contribution in [0.25, 0.3) is 6.08 Å². The van der Waals surface area contributed by atoms with Gasteiger partial charge in [0.15, 0.2) is 0 Å². The Balaban J connectivity index is 2.01. The molecule has 0 atom stereocenters. The van der Waals surface area contributed by atoms with Crippen LogP contribution in [0.2, 0.25) is 5.02 Å². The van der Waals surface area contributed by atoms with Gasteiger partial charge in [-0.1, -0.05) is 23.7 Å². The molecule has 1 amide bonds. The molecule has 0 aromatic heterocycles. The number of carbonyl (C=O) groups excluding carboxylic acids is 1. The van der Waals surface area contributed by atoms with E-state index in [2.05, 4.69) is 10.5 Å². The van der Waals surface area contributed by atoms with Crippen LogP contribution in [0.4, 0.5) is 0 Å². The molecule has 0 radical (unpaired) electrons. The van der Waals surface area contributed by atoms with Crippen molar-refractivity contribution in [2.75, 3.05) is 7.11 Å². The molecule has 0 aliphatic rings. The molecule has 2 rings (SSSR count). The maximum atomic E-state index is 11.9. The topological polar surface area (TPSA) is 70.9 Å². The van der Waals surface area contributed by atoms with E-state index in [0.717, 1.165) is 5.56 Å². The summed E-state index contributed by atoms with van der Waals surface area (Å²) < 4.78 is 5.23. The van der Waals surface area contributed by atoms with Crippen molar-refractivity contribution in [3.63, 3.8) is 0 Å². The van der Waals surface area contributed by atoms with E-state index < -0.39 is 5.91 Å².